The molecule has 0 bridgehead atoms. The standard InChI is InChI=1S/C20H29N5O/c1-3-23-10-12-24(13-11-23)16-18-4-6-19(7-5-18)22-20(26)8-9-25-15-17(2)14-21-25/h4-7,14-15H,3,8-13,16H2,1-2H3,(H,22,26). The molecule has 2 heterocycles. The number of carbonyl (C=O) groups is 1. The first-order chi connectivity index (χ1) is 12.6. The van der Waals surface area contributed by atoms with E-state index >= 15 is 0 Å². The van der Waals surface area contributed by atoms with Crippen molar-refractivity contribution in [2.24, 2.45) is 0 Å². The second-order valence-corrected chi connectivity index (χ2v) is 6.99. The third kappa shape index (κ3) is 5.41. The number of carbonyl (C=O) groups excluding carboxylic acids is 1. The molecule has 1 fully saturated rings. The summed E-state index contributed by atoms with van der Waals surface area (Å²) >= 11 is 0. The van der Waals surface area contributed by atoms with Crippen molar-refractivity contribution in [1.82, 2.24) is 19.6 Å². The molecule has 3 rings (SSSR count). The molecule has 140 valence electrons. The summed E-state index contributed by atoms with van der Waals surface area (Å²) < 4.78 is 1.80. The predicted molar refractivity (Wildman–Crippen MR) is 104 cm³/mol. The van der Waals surface area contributed by atoms with Crippen LogP contribution in [0.25, 0.3) is 0 Å². The molecule has 6 heteroatoms. The number of amides is 1. The van der Waals surface area contributed by atoms with E-state index in [2.05, 4.69) is 39.3 Å². The first-order valence-corrected chi connectivity index (χ1v) is 9.45. The van der Waals surface area contributed by atoms with Crippen molar-refractivity contribution in [1.29, 1.82) is 0 Å². The van der Waals surface area contributed by atoms with Gasteiger partial charge in [-0.25, -0.2) is 0 Å². The number of rotatable bonds is 7. The summed E-state index contributed by atoms with van der Waals surface area (Å²) in [6.07, 6.45) is 4.17. The van der Waals surface area contributed by atoms with Gasteiger partial charge in [-0.05, 0) is 36.7 Å². The number of aryl methyl sites for hydroxylation is 2. The lowest BCUT2D eigenvalue weighted by Gasteiger charge is -2.34. The second-order valence-electron chi connectivity index (χ2n) is 6.99. The summed E-state index contributed by atoms with van der Waals surface area (Å²) in [6, 6.07) is 8.21. The molecular weight excluding hydrogens is 326 g/mol. The van der Waals surface area contributed by atoms with Crippen LogP contribution >= 0.6 is 0 Å². The molecule has 1 aromatic heterocycles. The summed E-state index contributed by atoms with van der Waals surface area (Å²) in [5.41, 5.74) is 3.25. The topological polar surface area (TPSA) is 53.4 Å². The van der Waals surface area contributed by atoms with E-state index in [0.717, 1.165) is 50.5 Å². The van der Waals surface area contributed by atoms with Gasteiger partial charge < -0.3 is 10.2 Å². The minimum absolute atomic E-state index is 0.0154. The maximum Gasteiger partial charge on any atom is 0.226 e. The molecule has 6 nitrogen and oxygen atoms in total. The van der Waals surface area contributed by atoms with Crippen molar-refractivity contribution >= 4 is 11.6 Å². The van der Waals surface area contributed by atoms with Crippen LogP contribution in [-0.2, 0) is 17.9 Å². The van der Waals surface area contributed by atoms with Gasteiger partial charge in [0.2, 0.25) is 5.91 Å². The Hall–Kier alpha value is -2.18. The van der Waals surface area contributed by atoms with Gasteiger partial charge >= 0.3 is 0 Å². The number of likely N-dealkylation sites (N-methyl/N-ethyl adjacent to an activating group) is 1. The summed E-state index contributed by atoms with van der Waals surface area (Å²) in [7, 11) is 0. The van der Waals surface area contributed by atoms with Crippen LogP contribution in [0.4, 0.5) is 5.69 Å². The first kappa shape index (κ1) is 18.6. The van der Waals surface area contributed by atoms with Crippen molar-refractivity contribution in [2.75, 3.05) is 38.0 Å². The summed E-state index contributed by atoms with van der Waals surface area (Å²) in [5, 5.41) is 7.16. The van der Waals surface area contributed by atoms with E-state index in [1.165, 1.54) is 5.56 Å². The number of hydrogen-bond acceptors (Lipinski definition) is 4. The van der Waals surface area contributed by atoms with Gasteiger partial charge in [0.15, 0.2) is 0 Å². The molecule has 0 spiro atoms. The van der Waals surface area contributed by atoms with Gasteiger partial charge in [0.05, 0.1) is 6.20 Å². The number of hydrogen-bond donors (Lipinski definition) is 1. The highest BCUT2D eigenvalue weighted by atomic mass is 16.1. The van der Waals surface area contributed by atoms with E-state index in [1.807, 2.05) is 25.3 Å². The molecule has 0 unspecified atom stereocenters. The Kier molecular flexibility index (Phi) is 6.41. The average Bonchev–Trinajstić information content (AvgIpc) is 3.08. The molecule has 1 amide bonds. The Morgan fingerprint density at radius 2 is 1.81 bits per heavy atom. The van der Waals surface area contributed by atoms with E-state index in [9.17, 15) is 4.79 Å². The molecule has 1 saturated heterocycles. The minimum Gasteiger partial charge on any atom is -0.326 e. The minimum atomic E-state index is 0.0154. The third-order valence-electron chi connectivity index (χ3n) is 4.89. The summed E-state index contributed by atoms with van der Waals surface area (Å²) in [5.74, 6) is 0.0154. The zero-order valence-electron chi connectivity index (χ0n) is 15.8. The fraction of sp³-hybridized carbons (Fsp3) is 0.500. The van der Waals surface area contributed by atoms with E-state index in [4.69, 9.17) is 0 Å². The van der Waals surface area contributed by atoms with Crippen molar-refractivity contribution in [3.8, 4) is 0 Å². The quantitative estimate of drug-likeness (QED) is 0.828. The molecule has 1 aliphatic heterocycles. The van der Waals surface area contributed by atoms with Gasteiger partial charge in [0.1, 0.15) is 0 Å². The Morgan fingerprint density at radius 1 is 1.12 bits per heavy atom. The highest BCUT2D eigenvalue weighted by Gasteiger charge is 2.15. The third-order valence-corrected chi connectivity index (χ3v) is 4.89. The molecular formula is C20H29N5O. The van der Waals surface area contributed by atoms with Crippen LogP contribution < -0.4 is 5.32 Å². The fourth-order valence-corrected chi connectivity index (χ4v) is 3.24. The zero-order valence-corrected chi connectivity index (χ0v) is 15.8. The number of nitrogens with zero attached hydrogens (tertiary/aromatic N) is 4. The van der Waals surface area contributed by atoms with Crippen molar-refractivity contribution in [2.45, 2.75) is 33.4 Å². The van der Waals surface area contributed by atoms with Gasteiger partial charge in [-0.1, -0.05) is 19.1 Å². The smallest absolute Gasteiger partial charge is 0.226 e. The van der Waals surface area contributed by atoms with E-state index < -0.39 is 0 Å². The number of aromatic nitrogens is 2. The summed E-state index contributed by atoms with van der Waals surface area (Å²) in [4.78, 5) is 17.1. The van der Waals surface area contributed by atoms with Gasteiger partial charge in [-0.2, -0.15) is 5.10 Å². The normalized spacial score (nSPS) is 15.9. The van der Waals surface area contributed by atoms with E-state index in [0.29, 0.717) is 13.0 Å². The van der Waals surface area contributed by atoms with Gasteiger partial charge in [0, 0.05) is 57.6 Å². The SMILES string of the molecule is CCN1CCN(Cc2ccc(NC(=O)CCn3cc(C)cn3)cc2)CC1. The molecule has 0 radical (unpaired) electrons. The molecule has 0 aliphatic carbocycles. The van der Waals surface area contributed by atoms with Crippen LogP contribution in [-0.4, -0.2) is 58.2 Å². The predicted octanol–water partition coefficient (Wildman–Crippen LogP) is 2.36. The zero-order chi connectivity index (χ0) is 18.4. The van der Waals surface area contributed by atoms with Crippen molar-refractivity contribution < 1.29 is 4.79 Å². The molecule has 1 aromatic carbocycles. The summed E-state index contributed by atoms with van der Waals surface area (Å²) in [6.45, 7) is 11.5. The van der Waals surface area contributed by atoms with Gasteiger partial charge in [0.25, 0.3) is 0 Å². The van der Waals surface area contributed by atoms with Crippen LogP contribution in [0.2, 0.25) is 0 Å². The number of nitrogens with one attached hydrogen (secondary N) is 1. The van der Waals surface area contributed by atoms with E-state index in [-0.39, 0.29) is 5.91 Å². The average molecular weight is 355 g/mol. The molecule has 1 N–H and O–H groups in total. The number of piperazine rings is 1. The Labute approximate surface area is 155 Å². The molecule has 1 aliphatic rings. The van der Waals surface area contributed by atoms with Crippen molar-refractivity contribution in [3.05, 3.63) is 47.8 Å². The van der Waals surface area contributed by atoms with Gasteiger partial charge in [-0.15, -0.1) is 0 Å². The second kappa shape index (κ2) is 8.96. The van der Waals surface area contributed by atoms with Crippen LogP contribution in [0.5, 0.6) is 0 Å². The number of anilines is 1. The molecule has 0 saturated carbocycles. The van der Waals surface area contributed by atoms with Crippen LogP contribution in [0.1, 0.15) is 24.5 Å². The fourth-order valence-electron chi connectivity index (χ4n) is 3.24. The Morgan fingerprint density at radius 3 is 2.42 bits per heavy atom. The lowest BCUT2D eigenvalue weighted by Crippen LogP contribution is -2.45. The van der Waals surface area contributed by atoms with Gasteiger partial charge in [-0.3, -0.25) is 14.4 Å². The molecule has 26 heavy (non-hydrogen) atoms. The lowest BCUT2D eigenvalue weighted by molar-refractivity contribution is -0.116. The van der Waals surface area contributed by atoms with Crippen molar-refractivity contribution in [3.63, 3.8) is 0 Å². The van der Waals surface area contributed by atoms with Crippen LogP contribution in [0.15, 0.2) is 36.7 Å². The van der Waals surface area contributed by atoms with Crippen LogP contribution in [0, 0.1) is 6.92 Å². The first-order valence-electron chi connectivity index (χ1n) is 9.45. The monoisotopic (exact) mass is 355 g/mol. The molecule has 0 atom stereocenters. The highest BCUT2D eigenvalue weighted by Crippen LogP contribution is 2.13. The lowest BCUT2D eigenvalue weighted by atomic mass is 10.1. The maximum atomic E-state index is 12.1. The largest absolute Gasteiger partial charge is 0.326 e. The highest BCUT2D eigenvalue weighted by molar-refractivity contribution is 5.90. The van der Waals surface area contributed by atoms with E-state index in [1.54, 1.807) is 10.9 Å². The molecule has 2 aromatic rings. The maximum absolute atomic E-state index is 12.1. The Balaban J connectivity index is 1.43. The van der Waals surface area contributed by atoms with Crippen LogP contribution in [0.3, 0.4) is 0 Å². The Bertz CT molecular complexity index is 701. The number of benzene rings is 1.